The molecule has 4 heterocycles. The number of nitrogens with zero attached hydrogens (tertiary/aromatic N) is 4. The number of amides is 1. The minimum absolute atomic E-state index is 0.159. The van der Waals surface area contributed by atoms with Gasteiger partial charge in [-0.3, -0.25) is 14.7 Å². The Hall–Kier alpha value is -3.35. The van der Waals surface area contributed by atoms with Crippen LogP contribution in [0.2, 0.25) is 0 Å². The van der Waals surface area contributed by atoms with E-state index in [-0.39, 0.29) is 41.8 Å². The molecule has 2 aliphatic heterocycles. The fourth-order valence-corrected chi connectivity index (χ4v) is 4.80. The molecule has 0 spiro atoms. The molecule has 5 rings (SSSR count). The third kappa shape index (κ3) is 6.20. The monoisotopic (exact) mass is 530 g/mol. The van der Waals surface area contributed by atoms with Gasteiger partial charge in [-0.05, 0) is 43.2 Å². The first-order chi connectivity index (χ1) is 18.3. The summed E-state index contributed by atoms with van der Waals surface area (Å²) in [4.78, 5) is 27.6. The van der Waals surface area contributed by atoms with Gasteiger partial charge in [-0.15, -0.1) is 0 Å². The molecule has 202 valence electrons. The Morgan fingerprint density at radius 2 is 2.05 bits per heavy atom. The molecule has 9 nitrogen and oxygen atoms in total. The highest BCUT2D eigenvalue weighted by atomic mass is 19.4. The molecule has 1 amide bonds. The molecule has 12 heteroatoms. The Balaban J connectivity index is 1.24. The summed E-state index contributed by atoms with van der Waals surface area (Å²) in [6.07, 6.45) is -0.785. The number of aromatic nitrogens is 3. The van der Waals surface area contributed by atoms with Crippen LogP contribution in [0.3, 0.4) is 0 Å². The Morgan fingerprint density at radius 1 is 1.18 bits per heavy atom. The predicted molar refractivity (Wildman–Crippen MR) is 133 cm³/mol. The number of nitrogens with one attached hydrogen (secondary N) is 2. The highest BCUT2D eigenvalue weighted by Gasteiger charge is 2.39. The average molecular weight is 531 g/mol. The van der Waals surface area contributed by atoms with Gasteiger partial charge >= 0.3 is 6.18 Å². The van der Waals surface area contributed by atoms with Crippen molar-refractivity contribution in [1.82, 2.24) is 25.2 Å². The van der Waals surface area contributed by atoms with Crippen LogP contribution >= 0.6 is 0 Å². The highest BCUT2D eigenvalue weighted by Crippen LogP contribution is 2.32. The number of hydrogen-bond donors (Lipinski definition) is 2. The van der Waals surface area contributed by atoms with Gasteiger partial charge in [0.25, 0.3) is 0 Å². The molecule has 2 fully saturated rings. The molecule has 0 saturated carbocycles. The van der Waals surface area contributed by atoms with Gasteiger partial charge in [0.05, 0.1) is 43.0 Å². The lowest BCUT2D eigenvalue weighted by molar-refractivity contribution is -0.137. The molecule has 2 unspecified atom stereocenters. The molecule has 3 aromatic rings. The number of alkyl halides is 3. The van der Waals surface area contributed by atoms with E-state index in [1.54, 1.807) is 6.20 Å². The number of rotatable bonds is 8. The van der Waals surface area contributed by atoms with E-state index in [0.717, 1.165) is 29.8 Å². The fourth-order valence-electron chi connectivity index (χ4n) is 4.80. The van der Waals surface area contributed by atoms with Gasteiger partial charge in [0.1, 0.15) is 12.1 Å². The van der Waals surface area contributed by atoms with Gasteiger partial charge in [-0.2, -0.15) is 13.2 Å². The first-order valence-corrected chi connectivity index (χ1v) is 12.5. The summed E-state index contributed by atoms with van der Waals surface area (Å²) in [7, 11) is 0. The lowest BCUT2D eigenvalue weighted by Crippen LogP contribution is -2.46. The van der Waals surface area contributed by atoms with Gasteiger partial charge in [0.15, 0.2) is 0 Å². The zero-order chi connectivity index (χ0) is 26.7. The summed E-state index contributed by atoms with van der Waals surface area (Å²) in [5, 5.41) is 6.10. The molecule has 2 N–H and O–H groups in total. The first kappa shape index (κ1) is 26.3. The summed E-state index contributed by atoms with van der Waals surface area (Å²) in [6.45, 7) is 4.75. The van der Waals surface area contributed by atoms with E-state index in [1.165, 1.54) is 12.4 Å². The minimum atomic E-state index is -4.50. The average Bonchev–Trinajstić information content (AvgIpc) is 3.57. The van der Waals surface area contributed by atoms with Crippen molar-refractivity contribution in [2.45, 2.75) is 44.3 Å². The first-order valence-electron chi connectivity index (χ1n) is 12.5. The SMILES string of the molecule is Cc1ccc(CO[C@H]2CN(C3CCOC3)CC2NC(=O)CNc2ncnc3ccc(C(F)(F)F)cc23)cn1. The Labute approximate surface area is 217 Å². The van der Waals surface area contributed by atoms with Crippen LogP contribution in [0, 0.1) is 6.92 Å². The van der Waals surface area contributed by atoms with Crippen molar-refractivity contribution in [2.24, 2.45) is 0 Å². The summed E-state index contributed by atoms with van der Waals surface area (Å²) in [5.74, 6) is -0.157. The maximum atomic E-state index is 13.2. The van der Waals surface area contributed by atoms with Crippen molar-refractivity contribution in [1.29, 1.82) is 0 Å². The standard InChI is InChI=1S/C26H29F3N6O3/c1-16-2-3-17(9-30-16)13-38-23-12-35(19-6-7-37-14-19)11-22(23)34-24(36)10-31-25-20-8-18(26(27,28)29)4-5-21(20)32-15-33-25/h2-5,8-9,15,19,22-23H,6-7,10-14H2,1H3,(H,34,36)(H,31,32,33)/t19?,22?,23-/m0/s1. The van der Waals surface area contributed by atoms with Crippen LogP contribution in [-0.2, 0) is 27.1 Å². The summed E-state index contributed by atoms with van der Waals surface area (Å²) in [5.41, 5.74) is 1.41. The van der Waals surface area contributed by atoms with Crippen LogP contribution in [-0.4, -0.2) is 76.8 Å². The van der Waals surface area contributed by atoms with Gasteiger partial charge in [0.2, 0.25) is 5.91 Å². The van der Waals surface area contributed by atoms with E-state index in [2.05, 4.69) is 30.5 Å². The van der Waals surface area contributed by atoms with Crippen molar-refractivity contribution >= 4 is 22.6 Å². The molecule has 3 atom stereocenters. The Kier molecular flexibility index (Phi) is 7.73. The topological polar surface area (TPSA) is 102 Å². The molecular formula is C26H29F3N6O3. The molecule has 0 aliphatic carbocycles. The van der Waals surface area contributed by atoms with Crippen LogP contribution in [0.15, 0.2) is 42.9 Å². The van der Waals surface area contributed by atoms with Crippen molar-refractivity contribution in [2.75, 3.05) is 38.2 Å². The normalized spacial score (nSPS) is 22.2. The number of aryl methyl sites for hydroxylation is 1. The van der Waals surface area contributed by atoms with Gasteiger partial charge < -0.3 is 20.1 Å². The zero-order valence-corrected chi connectivity index (χ0v) is 20.9. The number of carbonyl (C=O) groups excluding carboxylic acids is 1. The summed E-state index contributed by atoms with van der Waals surface area (Å²) < 4.78 is 51.4. The maximum Gasteiger partial charge on any atom is 0.416 e. The number of anilines is 1. The molecule has 0 radical (unpaired) electrons. The lowest BCUT2D eigenvalue weighted by atomic mass is 10.1. The number of carbonyl (C=O) groups is 1. The predicted octanol–water partition coefficient (Wildman–Crippen LogP) is 2.94. The van der Waals surface area contributed by atoms with Crippen molar-refractivity contribution in [3.8, 4) is 0 Å². The second kappa shape index (κ2) is 11.2. The third-order valence-electron chi connectivity index (χ3n) is 6.88. The molecule has 2 aliphatic rings. The van der Waals surface area contributed by atoms with Crippen LogP contribution < -0.4 is 10.6 Å². The summed E-state index contributed by atoms with van der Waals surface area (Å²) in [6, 6.07) is 7.15. The Morgan fingerprint density at radius 3 is 2.79 bits per heavy atom. The largest absolute Gasteiger partial charge is 0.416 e. The maximum absolute atomic E-state index is 13.2. The fraction of sp³-hybridized carbons (Fsp3) is 0.462. The Bertz CT molecular complexity index is 1270. The molecule has 0 bridgehead atoms. The number of pyridine rings is 1. The molecule has 38 heavy (non-hydrogen) atoms. The van der Waals surface area contributed by atoms with Crippen LogP contribution in [0.1, 0.15) is 23.2 Å². The molecular weight excluding hydrogens is 501 g/mol. The lowest BCUT2D eigenvalue weighted by Gasteiger charge is -2.21. The van der Waals surface area contributed by atoms with Crippen molar-refractivity contribution < 1.29 is 27.4 Å². The van der Waals surface area contributed by atoms with E-state index in [1.807, 2.05) is 19.1 Å². The molecule has 2 saturated heterocycles. The number of likely N-dealkylation sites (tertiary alicyclic amines) is 1. The quantitative estimate of drug-likeness (QED) is 0.459. The van der Waals surface area contributed by atoms with Gasteiger partial charge in [-0.1, -0.05) is 6.07 Å². The van der Waals surface area contributed by atoms with Gasteiger partial charge in [0, 0.05) is 43.0 Å². The second-order valence-electron chi connectivity index (χ2n) is 9.61. The summed E-state index contributed by atoms with van der Waals surface area (Å²) >= 11 is 0. The van der Waals surface area contributed by atoms with Crippen LogP contribution in [0.25, 0.3) is 10.9 Å². The van der Waals surface area contributed by atoms with E-state index >= 15 is 0 Å². The number of hydrogen-bond acceptors (Lipinski definition) is 8. The number of benzene rings is 1. The smallest absolute Gasteiger partial charge is 0.380 e. The number of ether oxygens (including phenoxy) is 2. The molecule has 2 aromatic heterocycles. The van der Waals surface area contributed by atoms with Gasteiger partial charge in [-0.25, -0.2) is 9.97 Å². The minimum Gasteiger partial charge on any atom is -0.380 e. The second-order valence-corrected chi connectivity index (χ2v) is 9.61. The zero-order valence-electron chi connectivity index (χ0n) is 20.9. The van der Waals surface area contributed by atoms with Crippen molar-refractivity contribution in [3.63, 3.8) is 0 Å². The van der Waals surface area contributed by atoms with E-state index < -0.39 is 11.7 Å². The number of fused-ring (bicyclic) bond motifs is 1. The number of halogens is 3. The molecule has 1 aromatic carbocycles. The van der Waals surface area contributed by atoms with E-state index in [0.29, 0.717) is 38.4 Å². The van der Waals surface area contributed by atoms with Crippen LogP contribution in [0.5, 0.6) is 0 Å². The van der Waals surface area contributed by atoms with E-state index in [4.69, 9.17) is 9.47 Å². The van der Waals surface area contributed by atoms with Crippen LogP contribution in [0.4, 0.5) is 19.0 Å². The third-order valence-corrected chi connectivity index (χ3v) is 6.88. The highest BCUT2D eigenvalue weighted by molar-refractivity contribution is 5.91. The van der Waals surface area contributed by atoms with E-state index in [9.17, 15) is 18.0 Å². The van der Waals surface area contributed by atoms with Crippen molar-refractivity contribution in [3.05, 3.63) is 59.7 Å².